The first-order valence-corrected chi connectivity index (χ1v) is 7.22. The van der Waals surface area contributed by atoms with Gasteiger partial charge in [0.1, 0.15) is 5.69 Å². The van der Waals surface area contributed by atoms with Gasteiger partial charge in [0.05, 0.1) is 10.7 Å². The molecule has 2 N–H and O–H groups in total. The molecule has 2 aromatic rings. The maximum absolute atomic E-state index is 12.0. The quantitative estimate of drug-likeness (QED) is 0.816. The number of halogens is 2. The number of rotatable bonds is 5. The number of nitrogens with zero attached hydrogens (tertiary/aromatic N) is 2. The van der Waals surface area contributed by atoms with Crippen LogP contribution in [0.1, 0.15) is 16.2 Å². The van der Waals surface area contributed by atoms with Gasteiger partial charge in [0, 0.05) is 17.3 Å². The lowest BCUT2D eigenvalue weighted by Gasteiger charge is -2.09. The molecule has 1 aromatic carbocycles. The molecule has 7 heteroatoms. The van der Waals surface area contributed by atoms with Gasteiger partial charge in [-0.1, -0.05) is 29.3 Å². The van der Waals surface area contributed by atoms with Crippen LogP contribution in [0.4, 0.5) is 11.6 Å². The fourth-order valence-electron chi connectivity index (χ4n) is 1.71. The lowest BCUT2D eigenvalue weighted by molar-refractivity contribution is 0.0953. The molecular formula is C15H14Cl2N4O. The summed E-state index contributed by atoms with van der Waals surface area (Å²) >= 11 is 12.0. The average Bonchev–Trinajstić information content (AvgIpc) is 2.47. The van der Waals surface area contributed by atoms with Crippen molar-refractivity contribution in [2.24, 2.45) is 0 Å². The molecular weight excluding hydrogens is 323 g/mol. The molecule has 1 amide bonds. The molecule has 1 heterocycles. The molecule has 0 spiro atoms. The highest BCUT2D eigenvalue weighted by atomic mass is 35.5. The van der Waals surface area contributed by atoms with Crippen molar-refractivity contribution < 1.29 is 4.79 Å². The van der Waals surface area contributed by atoms with E-state index in [9.17, 15) is 4.79 Å². The van der Waals surface area contributed by atoms with Crippen LogP contribution in [0.5, 0.6) is 0 Å². The van der Waals surface area contributed by atoms with E-state index in [1.807, 2.05) is 0 Å². The second kappa shape index (κ2) is 7.24. The maximum Gasteiger partial charge on any atom is 0.270 e. The van der Waals surface area contributed by atoms with Gasteiger partial charge in [-0.3, -0.25) is 4.79 Å². The Morgan fingerprint density at radius 2 is 2.09 bits per heavy atom. The molecule has 1 aromatic heterocycles. The van der Waals surface area contributed by atoms with Gasteiger partial charge >= 0.3 is 0 Å². The number of benzene rings is 1. The van der Waals surface area contributed by atoms with Crippen LogP contribution in [-0.4, -0.2) is 22.4 Å². The van der Waals surface area contributed by atoms with Crippen molar-refractivity contribution in [3.63, 3.8) is 0 Å². The average molecular weight is 337 g/mol. The summed E-state index contributed by atoms with van der Waals surface area (Å²) in [6, 6.07) is 6.63. The fraction of sp³-hybridized carbons (Fsp3) is 0.133. The lowest BCUT2D eigenvalue weighted by Crippen LogP contribution is -2.24. The second-order valence-corrected chi connectivity index (χ2v) is 5.31. The molecule has 0 atom stereocenters. The minimum absolute atomic E-state index is 0.266. The minimum Gasteiger partial charge on any atom is -0.347 e. The third kappa shape index (κ3) is 4.19. The van der Waals surface area contributed by atoms with E-state index in [1.165, 1.54) is 0 Å². The Balaban J connectivity index is 2.26. The van der Waals surface area contributed by atoms with E-state index in [0.717, 1.165) is 0 Å². The van der Waals surface area contributed by atoms with Crippen LogP contribution in [0.2, 0.25) is 10.0 Å². The molecule has 114 valence electrons. The van der Waals surface area contributed by atoms with Gasteiger partial charge in [0.15, 0.2) is 0 Å². The van der Waals surface area contributed by atoms with Gasteiger partial charge in [0.25, 0.3) is 5.91 Å². The summed E-state index contributed by atoms with van der Waals surface area (Å²) in [6.45, 7) is 5.70. The summed E-state index contributed by atoms with van der Waals surface area (Å²) in [5.74, 6) is -0.0105. The maximum atomic E-state index is 12.0. The van der Waals surface area contributed by atoms with Crippen molar-refractivity contribution >= 4 is 40.7 Å². The smallest absolute Gasteiger partial charge is 0.270 e. The Morgan fingerprint density at radius 1 is 1.32 bits per heavy atom. The molecule has 0 fully saturated rings. The standard InChI is InChI=1S/C15H14Cl2N4O/c1-3-6-18-14(22)13-7-9(2)19-15(21-13)20-12-5-4-10(16)8-11(12)17/h3-5,7-8H,1,6H2,2H3,(H,18,22)(H,19,20,21). The lowest BCUT2D eigenvalue weighted by atomic mass is 10.3. The first kappa shape index (κ1) is 16.3. The normalized spacial score (nSPS) is 10.1. The number of hydrogen-bond donors (Lipinski definition) is 2. The zero-order valence-corrected chi connectivity index (χ0v) is 13.4. The summed E-state index contributed by atoms with van der Waals surface area (Å²) in [4.78, 5) is 20.4. The molecule has 22 heavy (non-hydrogen) atoms. The summed E-state index contributed by atoms with van der Waals surface area (Å²) in [7, 11) is 0. The number of anilines is 2. The number of carbonyl (C=O) groups is 1. The van der Waals surface area contributed by atoms with E-state index in [1.54, 1.807) is 37.3 Å². The molecule has 0 aliphatic carbocycles. The van der Waals surface area contributed by atoms with Gasteiger partial charge in [-0.25, -0.2) is 9.97 Å². The van der Waals surface area contributed by atoms with Crippen molar-refractivity contribution in [1.29, 1.82) is 0 Å². The van der Waals surface area contributed by atoms with Gasteiger partial charge < -0.3 is 10.6 Å². The number of aromatic nitrogens is 2. The zero-order chi connectivity index (χ0) is 16.1. The molecule has 0 saturated heterocycles. The van der Waals surface area contributed by atoms with E-state index in [4.69, 9.17) is 23.2 Å². The van der Waals surface area contributed by atoms with Gasteiger partial charge in [-0.15, -0.1) is 6.58 Å². The van der Waals surface area contributed by atoms with Crippen LogP contribution in [-0.2, 0) is 0 Å². The fourth-order valence-corrected chi connectivity index (χ4v) is 2.16. The molecule has 0 radical (unpaired) electrons. The largest absolute Gasteiger partial charge is 0.347 e. The van der Waals surface area contributed by atoms with Crippen LogP contribution < -0.4 is 10.6 Å². The van der Waals surface area contributed by atoms with Crippen molar-refractivity contribution in [2.75, 3.05) is 11.9 Å². The Kier molecular flexibility index (Phi) is 5.35. The van der Waals surface area contributed by atoms with E-state index >= 15 is 0 Å². The van der Waals surface area contributed by atoms with Crippen molar-refractivity contribution in [2.45, 2.75) is 6.92 Å². The first-order valence-electron chi connectivity index (χ1n) is 6.46. The van der Waals surface area contributed by atoms with E-state index in [0.29, 0.717) is 28.0 Å². The molecule has 2 rings (SSSR count). The van der Waals surface area contributed by atoms with Crippen LogP contribution in [0.3, 0.4) is 0 Å². The predicted molar refractivity (Wildman–Crippen MR) is 89.0 cm³/mol. The first-order chi connectivity index (χ1) is 10.5. The SMILES string of the molecule is C=CCNC(=O)c1cc(C)nc(Nc2ccc(Cl)cc2Cl)n1. The summed E-state index contributed by atoms with van der Waals surface area (Å²) in [5, 5.41) is 6.62. The summed E-state index contributed by atoms with van der Waals surface area (Å²) < 4.78 is 0. The predicted octanol–water partition coefficient (Wildman–Crippen LogP) is 3.75. The van der Waals surface area contributed by atoms with Crippen molar-refractivity contribution in [1.82, 2.24) is 15.3 Å². The minimum atomic E-state index is -0.296. The highest BCUT2D eigenvalue weighted by Gasteiger charge is 2.11. The van der Waals surface area contributed by atoms with E-state index in [-0.39, 0.29) is 17.5 Å². The van der Waals surface area contributed by atoms with Crippen LogP contribution in [0.15, 0.2) is 36.9 Å². The number of amides is 1. The Hall–Kier alpha value is -2.11. The van der Waals surface area contributed by atoms with E-state index < -0.39 is 0 Å². The number of nitrogens with one attached hydrogen (secondary N) is 2. The van der Waals surface area contributed by atoms with Gasteiger partial charge in [0.2, 0.25) is 5.95 Å². The number of hydrogen-bond acceptors (Lipinski definition) is 4. The Morgan fingerprint density at radius 3 is 2.77 bits per heavy atom. The molecule has 0 aliphatic rings. The van der Waals surface area contributed by atoms with Crippen molar-refractivity contribution in [3.05, 3.63) is 58.4 Å². The van der Waals surface area contributed by atoms with Gasteiger partial charge in [-0.2, -0.15) is 0 Å². The Labute approximate surface area is 138 Å². The van der Waals surface area contributed by atoms with Crippen LogP contribution >= 0.6 is 23.2 Å². The van der Waals surface area contributed by atoms with Crippen LogP contribution in [0, 0.1) is 6.92 Å². The van der Waals surface area contributed by atoms with Gasteiger partial charge in [-0.05, 0) is 31.2 Å². The molecule has 5 nitrogen and oxygen atoms in total. The monoisotopic (exact) mass is 336 g/mol. The summed E-state index contributed by atoms with van der Waals surface area (Å²) in [5.41, 5.74) is 1.53. The molecule has 0 bridgehead atoms. The van der Waals surface area contributed by atoms with Crippen molar-refractivity contribution in [3.8, 4) is 0 Å². The summed E-state index contributed by atoms with van der Waals surface area (Å²) in [6.07, 6.45) is 1.60. The second-order valence-electron chi connectivity index (χ2n) is 4.47. The third-order valence-electron chi connectivity index (χ3n) is 2.67. The molecule has 0 saturated carbocycles. The van der Waals surface area contributed by atoms with Crippen LogP contribution in [0.25, 0.3) is 0 Å². The van der Waals surface area contributed by atoms with E-state index in [2.05, 4.69) is 27.2 Å². The Bertz CT molecular complexity index is 719. The molecule has 0 unspecified atom stereocenters. The number of carbonyl (C=O) groups excluding carboxylic acids is 1. The highest BCUT2D eigenvalue weighted by molar-refractivity contribution is 6.36. The zero-order valence-electron chi connectivity index (χ0n) is 11.9. The topological polar surface area (TPSA) is 66.9 Å². The molecule has 0 aliphatic heterocycles. The number of aryl methyl sites for hydroxylation is 1. The highest BCUT2D eigenvalue weighted by Crippen LogP contribution is 2.27. The third-order valence-corrected chi connectivity index (χ3v) is 3.22.